The Morgan fingerprint density at radius 3 is 2.21 bits per heavy atom. The number of hydrogen-bond acceptors (Lipinski definition) is 4. The summed E-state index contributed by atoms with van der Waals surface area (Å²) < 4.78 is 6.40. The summed E-state index contributed by atoms with van der Waals surface area (Å²) in [7, 11) is 0. The molecule has 0 aromatic heterocycles. The van der Waals surface area contributed by atoms with Crippen molar-refractivity contribution in [2.75, 3.05) is 18.4 Å². The zero-order valence-electron chi connectivity index (χ0n) is 22.9. The lowest BCUT2D eigenvalue weighted by atomic mass is 9.89. The minimum absolute atomic E-state index is 0.0441. The molecule has 7 heteroatoms. The van der Waals surface area contributed by atoms with Crippen molar-refractivity contribution in [1.82, 2.24) is 9.80 Å². The van der Waals surface area contributed by atoms with Gasteiger partial charge in [-0.2, -0.15) is 0 Å². The highest BCUT2D eigenvalue weighted by Gasteiger charge is 2.44. The third-order valence-corrected chi connectivity index (χ3v) is 8.83. The Bertz CT molecular complexity index is 1060. The first kappa shape index (κ1) is 27.3. The predicted octanol–water partition coefficient (Wildman–Crippen LogP) is 6.68. The number of aliphatic hydroxyl groups is 1. The molecule has 0 radical (unpaired) electrons. The molecule has 206 valence electrons. The molecular weight excluding hydrogens is 498 g/mol. The number of halogens is 1. The van der Waals surface area contributed by atoms with Crippen LogP contribution in [0.15, 0.2) is 48.5 Å². The number of ether oxygens (including phenoxy) is 1. The molecule has 3 saturated heterocycles. The van der Waals surface area contributed by atoms with Crippen molar-refractivity contribution in [1.29, 1.82) is 0 Å². The lowest BCUT2D eigenvalue weighted by molar-refractivity contribution is -0.0106. The molecule has 38 heavy (non-hydrogen) atoms. The molecule has 2 bridgehead atoms. The summed E-state index contributed by atoms with van der Waals surface area (Å²) in [5.74, 6) is 1.33. The second-order valence-corrected chi connectivity index (χ2v) is 12.6. The minimum Gasteiger partial charge on any atom is -0.490 e. The standard InChI is InChI=1S/C31H42ClN3O3/c1-21(20-31(2,3)37)35-26-10-11-27(35)19-29(18-26)38-28-12-8-25(9-13-28)33-30(36)34-16-14-23(15-17-34)22-4-6-24(32)7-5-22/h4-9,12-13,21,23,26-27,29,37H,10-11,14-20H2,1-3H3,(H,33,36)/t21?,26-,27+,29+. The first-order valence-electron chi connectivity index (χ1n) is 14.2. The molecule has 3 heterocycles. The summed E-state index contributed by atoms with van der Waals surface area (Å²) in [6.07, 6.45) is 7.39. The van der Waals surface area contributed by atoms with Crippen LogP contribution in [0.1, 0.15) is 77.2 Å². The highest BCUT2D eigenvalue weighted by Crippen LogP contribution is 2.40. The Hall–Kier alpha value is -2.28. The van der Waals surface area contributed by atoms with Crippen LogP contribution in [0.4, 0.5) is 10.5 Å². The number of urea groups is 1. The van der Waals surface area contributed by atoms with Crippen molar-refractivity contribution in [3.63, 3.8) is 0 Å². The van der Waals surface area contributed by atoms with Crippen LogP contribution in [0, 0.1) is 0 Å². The van der Waals surface area contributed by atoms with Gasteiger partial charge in [0.05, 0.1) is 5.60 Å². The van der Waals surface area contributed by atoms with Crippen LogP contribution in [-0.4, -0.2) is 63.9 Å². The molecule has 1 unspecified atom stereocenters. The fourth-order valence-electron chi connectivity index (χ4n) is 6.97. The summed E-state index contributed by atoms with van der Waals surface area (Å²) in [6, 6.07) is 17.3. The van der Waals surface area contributed by atoms with Crippen LogP contribution in [0.5, 0.6) is 5.75 Å². The van der Waals surface area contributed by atoms with Gasteiger partial charge in [0.15, 0.2) is 0 Å². The third-order valence-electron chi connectivity index (χ3n) is 8.58. The SMILES string of the molecule is CC(CC(C)(C)O)N1[C@@H]2CC[C@H]1C[C@@H](Oc1ccc(NC(=O)N3CCC(c4ccc(Cl)cc4)CC3)cc1)C2. The predicted molar refractivity (Wildman–Crippen MR) is 153 cm³/mol. The molecule has 2 N–H and O–H groups in total. The van der Waals surface area contributed by atoms with Crippen molar-refractivity contribution < 1.29 is 14.6 Å². The molecule has 2 aromatic carbocycles. The number of nitrogens with zero attached hydrogens (tertiary/aromatic N) is 2. The number of carbonyl (C=O) groups is 1. The zero-order chi connectivity index (χ0) is 26.9. The van der Waals surface area contributed by atoms with Crippen molar-refractivity contribution in [2.45, 2.75) is 101 Å². The fourth-order valence-corrected chi connectivity index (χ4v) is 7.10. The summed E-state index contributed by atoms with van der Waals surface area (Å²) in [6.45, 7) is 7.54. The molecule has 0 aliphatic carbocycles. The van der Waals surface area contributed by atoms with E-state index in [1.165, 1.54) is 18.4 Å². The van der Waals surface area contributed by atoms with Gasteiger partial charge < -0.3 is 20.1 Å². The monoisotopic (exact) mass is 539 g/mol. The normalized spacial score (nSPS) is 25.3. The largest absolute Gasteiger partial charge is 0.490 e. The Morgan fingerprint density at radius 2 is 1.63 bits per heavy atom. The quantitative estimate of drug-likeness (QED) is 0.412. The van der Waals surface area contributed by atoms with Crippen molar-refractivity contribution in [3.05, 3.63) is 59.1 Å². The van der Waals surface area contributed by atoms with E-state index in [9.17, 15) is 9.90 Å². The number of hydrogen-bond donors (Lipinski definition) is 2. The van der Waals surface area contributed by atoms with Gasteiger partial charge in [0.25, 0.3) is 0 Å². The van der Waals surface area contributed by atoms with Gasteiger partial charge in [-0.1, -0.05) is 23.7 Å². The molecule has 4 atom stereocenters. The Morgan fingerprint density at radius 1 is 1.03 bits per heavy atom. The highest BCUT2D eigenvalue weighted by molar-refractivity contribution is 6.30. The van der Waals surface area contributed by atoms with E-state index in [1.54, 1.807) is 0 Å². The Balaban J connectivity index is 1.09. The van der Waals surface area contributed by atoms with Crippen LogP contribution in [0.25, 0.3) is 0 Å². The van der Waals surface area contributed by atoms with E-state index in [2.05, 4.69) is 29.3 Å². The van der Waals surface area contributed by atoms with Gasteiger partial charge in [0.1, 0.15) is 11.9 Å². The number of nitrogens with one attached hydrogen (secondary N) is 1. The van der Waals surface area contributed by atoms with Gasteiger partial charge >= 0.3 is 6.03 Å². The summed E-state index contributed by atoms with van der Waals surface area (Å²) in [4.78, 5) is 17.4. The maximum absolute atomic E-state index is 12.9. The molecule has 2 amide bonds. The number of amides is 2. The summed E-state index contributed by atoms with van der Waals surface area (Å²) >= 11 is 6.02. The van der Waals surface area contributed by atoms with E-state index in [-0.39, 0.29) is 12.1 Å². The topological polar surface area (TPSA) is 65.0 Å². The number of anilines is 1. The Kier molecular flexibility index (Phi) is 8.22. The van der Waals surface area contributed by atoms with Crippen LogP contribution < -0.4 is 10.1 Å². The highest BCUT2D eigenvalue weighted by atomic mass is 35.5. The number of piperidine rings is 2. The number of carbonyl (C=O) groups excluding carboxylic acids is 1. The minimum atomic E-state index is -0.642. The molecule has 3 aliphatic heterocycles. The maximum Gasteiger partial charge on any atom is 0.321 e. The molecule has 3 aliphatic rings. The fraction of sp³-hybridized carbons (Fsp3) is 0.581. The van der Waals surface area contributed by atoms with Gasteiger partial charge in [-0.25, -0.2) is 4.79 Å². The van der Waals surface area contributed by atoms with E-state index in [0.717, 1.165) is 61.7 Å². The molecule has 5 rings (SSSR count). The maximum atomic E-state index is 12.9. The van der Waals surface area contributed by atoms with Gasteiger partial charge in [-0.3, -0.25) is 4.90 Å². The first-order chi connectivity index (χ1) is 18.1. The number of likely N-dealkylation sites (tertiary alicyclic amines) is 1. The van der Waals surface area contributed by atoms with E-state index in [4.69, 9.17) is 16.3 Å². The molecule has 6 nitrogen and oxygen atoms in total. The Labute approximate surface area is 232 Å². The van der Waals surface area contributed by atoms with E-state index in [0.29, 0.717) is 24.0 Å². The van der Waals surface area contributed by atoms with Crippen molar-refractivity contribution in [3.8, 4) is 5.75 Å². The molecule has 0 spiro atoms. The molecule has 3 fully saturated rings. The number of fused-ring (bicyclic) bond motifs is 2. The average Bonchev–Trinajstić information content (AvgIpc) is 3.15. The van der Waals surface area contributed by atoms with Gasteiger partial charge in [0, 0.05) is 41.9 Å². The molecule has 2 aromatic rings. The summed E-state index contributed by atoms with van der Waals surface area (Å²) in [5, 5.41) is 14.1. The van der Waals surface area contributed by atoms with Crippen molar-refractivity contribution >= 4 is 23.3 Å². The lowest BCUT2D eigenvalue weighted by Gasteiger charge is -2.43. The van der Waals surface area contributed by atoms with E-state index in [1.807, 2.05) is 55.1 Å². The first-order valence-corrected chi connectivity index (χ1v) is 14.6. The van der Waals surface area contributed by atoms with E-state index < -0.39 is 5.60 Å². The second-order valence-electron chi connectivity index (χ2n) is 12.2. The van der Waals surface area contributed by atoms with Crippen molar-refractivity contribution in [2.24, 2.45) is 0 Å². The number of rotatable bonds is 7. The van der Waals surface area contributed by atoms with Crippen LogP contribution in [-0.2, 0) is 0 Å². The van der Waals surface area contributed by atoms with Crippen LogP contribution in [0.3, 0.4) is 0 Å². The second kappa shape index (κ2) is 11.4. The number of benzene rings is 2. The van der Waals surface area contributed by atoms with Gasteiger partial charge in [0.2, 0.25) is 0 Å². The average molecular weight is 540 g/mol. The van der Waals surface area contributed by atoms with Gasteiger partial charge in [-0.15, -0.1) is 0 Å². The lowest BCUT2D eigenvalue weighted by Crippen LogP contribution is -2.51. The third kappa shape index (κ3) is 6.64. The summed E-state index contributed by atoms with van der Waals surface area (Å²) in [5.41, 5.74) is 1.45. The zero-order valence-corrected chi connectivity index (χ0v) is 23.7. The van der Waals surface area contributed by atoms with Gasteiger partial charge in [-0.05, 0) is 114 Å². The molecule has 0 saturated carbocycles. The van der Waals surface area contributed by atoms with Crippen LogP contribution >= 0.6 is 11.6 Å². The van der Waals surface area contributed by atoms with Crippen LogP contribution in [0.2, 0.25) is 5.02 Å². The van der Waals surface area contributed by atoms with E-state index >= 15 is 0 Å². The molecular formula is C31H42ClN3O3. The smallest absolute Gasteiger partial charge is 0.321 e.